The van der Waals surface area contributed by atoms with Crippen molar-refractivity contribution in [1.29, 1.82) is 0 Å². The lowest BCUT2D eigenvalue weighted by Gasteiger charge is -2.23. The van der Waals surface area contributed by atoms with Crippen LogP contribution in [-0.4, -0.2) is 42.9 Å². The maximum absolute atomic E-state index is 12.7. The first-order valence-electron chi connectivity index (χ1n) is 11.1. The summed E-state index contributed by atoms with van der Waals surface area (Å²) in [6.45, 7) is 5.13. The number of methoxy groups -OCH3 is 1. The Bertz CT molecular complexity index is 747. The molecule has 1 saturated carbocycles. The van der Waals surface area contributed by atoms with Gasteiger partial charge >= 0.3 is 18.0 Å². The van der Waals surface area contributed by atoms with Crippen molar-refractivity contribution in [1.82, 2.24) is 5.32 Å². The molecule has 0 aromatic heterocycles. The first-order valence-corrected chi connectivity index (χ1v) is 11.1. The number of hydrogen-bond acceptors (Lipinski definition) is 7. The van der Waals surface area contributed by atoms with Crippen molar-refractivity contribution in [2.24, 2.45) is 0 Å². The van der Waals surface area contributed by atoms with E-state index in [2.05, 4.69) is 5.32 Å². The molecule has 1 fully saturated rings. The SMILES string of the molecule is COc1ccc(COC(=O)[C@H](CC(=O)OC2CCCCCC2)NC(=O)OC(C)(C)C)cc1. The molecule has 32 heavy (non-hydrogen) atoms. The van der Waals surface area contributed by atoms with Crippen molar-refractivity contribution in [2.75, 3.05) is 7.11 Å². The van der Waals surface area contributed by atoms with Crippen LogP contribution in [0, 0.1) is 0 Å². The quantitative estimate of drug-likeness (QED) is 0.359. The molecule has 1 amide bonds. The van der Waals surface area contributed by atoms with Gasteiger partial charge in [0.15, 0.2) is 0 Å². The highest BCUT2D eigenvalue weighted by Gasteiger charge is 2.29. The minimum Gasteiger partial charge on any atom is -0.497 e. The van der Waals surface area contributed by atoms with Crippen molar-refractivity contribution >= 4 is 18.0 Å². The van der Waals surface area contributed by atoms with Gasteiger partial charge in [-0.1, -0.05) is 25.0 Å². The molecule has 0 unspecified atom stereocenters. The summed E-state index contributed by atoms with van der Waals surface area (Å²) in [5.41, 5.74) is -0.00105. The van der Waals surface area contributed by atoms with Gasteiger partial charge in [-0.05, 0) is 64.2 Å². The predicted molar refractivity (Wildman–Crippen MR) is 118 cm³/mol. The van der Waals surface area contributed by atoms with Crippen molar-refractivity contribution in [3.8, 4) is 5.75 Å². The zero-order valence-electron chi connectivity index (χ0n) is 19.5. The van der Waals surface area contributed by atoms with Crippen LogP contribution in [0.3, 0.4) is 0 Å². The number of benzene rings is 1. The van der Waals surface area contributed by atoms with Gasteiger partial charge in [0.1, 0.15) is 30.1 Å². The van der Waals surface area contributed by atoms with Crippen LogP contribution in [0.2, 0.25) is 0 Å². The van der Waals surface area contributed by atoms with E-state index in [1.165, 1.54) is 0 Å². The highest BCUT2D eigenvalue weighted by Crippen LogP contribution is 2.20. The average molecular weight is 450 g/mol. The predicted octanol–water partition coefficient (Wildman–Crippen LogP) is 4.29. The van der Waals surface area contributed by atoms with Gasteiger partial charge in [0.2, 0.25) is 0 Å². The highest BCUT2D eigenvalue weighted by molar-refractivity contribution is 5.86. The van der Waals surface area contributed by atoms with E-state index in [0.717, 1.165) is 44.1 Å². The van der Waals surface area contributed by atoms with Crippen LogP contribution in [0.25, 0.3) is 0 Å². The number of rotatable bonds is 8. The largest absolute Gasteiger partial charge is 0.497 e. The van der Waals surface area contributed by atoms with E-state index in [1.54, 1.807) is 52.1 Å². The summed E-state index contributed by atoms with van der Waals surface area (Å²) in [6, 6.07) is 5.83. The van der Waals surface area contributed by atoms with E-state index in [4.69, 9.17) is 18.9 Å². The van der Waals surface area contributed by atoms with Crippen LogP contribution in [0.5, 0.6) is 5.75 Å². The molecule has 1 atom stereocenters. The number of hydrogen-bond donors (Lipinski definition) is 1. The van der Waals surface area contributed by atoms with E-state index in [9.17, 15) is 14.4 Å². The van der Waals surface area contributed by atoms with Crippen LogP contribution < -0.4 is 10.1 Å². The van der Waals surface area contributed by atoms with E-state index < -0.39 is 29.7 Å². The van der Waals surface area contributed by atoms with Gasteiger partial charge in [0, 0.05) is 0 Å². The molecule has 8 nitrogen and oxygen atoms in total. The fourth-order valence-corrected chi connectivity index (χ4v) is 3.38. The lowest BCUT2D eigenvalue weighted by molar-refractivity contribution is -0.156. The summed E-state index contributed by atoms with van der Waals surface area (Å²) in [5, 5.41) is 2.45. The standard InChI is InChI=1S/C24H35NO7/c1-24(2,3)32-23(28)25-20(15-21(26)31-19-9-7-5-6-8-10-19)22(27)30-16-17-11-13-18(29-4)14-12-17/h11-14,19-20H,5-10,15-16H2,1-4H3,(H,25,28)/t20-/m0/s1. The summed E-state index contributed by atoms with van der Waals surface area (Å²) < 4.78 is 21.3. The van der Waals surface area contributed by atoms with Crippen molar-refractivity contribution in [3.63, 3.8) is 0 Å². The molecule has 0 spiro atoms. The Kier molecular flexibility index (Phi) is 9.81. The van der Waals surface area contributed by atoms with Crippen molar-refractivity contribution in [3.05, 3.63) is 29.8 Å². The zero-order valence-corrected chi connectivity index (χ0v) is 19.5. The third-order valence-corrected chi connectivity index (χ3v) is 4.99. The second-order valence-electron chi connectivity index (χ2n) is 8.96. The Balaban J connectivity index is 1.98. The van der Waals surface area contributed by atoms with Gasteiger partial charge in [-0.25, -0.2) is 9.59 Å². The summed E-state index contributed by atoms with van der Waals surface area (Å²) >= 11 is 0. The molecule has 2 rings (SSSR count). The lowest BCUT2D eigenvalue weighted by Crippen LogP contribution is -2.45. The second kappa shape index (κ2) is 12.3. The summed E-state index contributed by atoms with van der Waals surface area (Å²) in [5.74, 6) is -0.588. The van der Waals surface area contributed by atoms with Gasteiger partial charge in [-0.3, -0.25) is 4.79 Å². The van der Waals surface area contributed by atoms with E-state index in [1.807, 2.05) is 0 Å². The molecular weight excluding hydrogens is 414 g/mol. The maximum atomic E-state index is 12.7. The molecule has 0 bridgehead atoms. The summed E-state index contributed by atoms with van der Waals surface area (Å²) in [7, 11) is 1.57. The Morgan fingerprint density at radius 1 is 1.03 bits per heavy atom. The number of ether oxygens (including phenoxy) is 4. The minimum absolute atomic E-state index is 0.00695. The number of amides is 1. The number of carbonyl (C=O) groups excluding carboxylic acids is 3. The van der Waals surface area contributed by atoms with Crippen LogP contribution in [0.4, 0.5) is 4.79 Å². The fraction of sp³-hybridized carbons (Fsp3) is 0.625. The van der Waals surface area contributed by atoms with Gasteiger partial charge in [0.25, 0.3) is 0 Å². The Labute approximate surface area is 189 Å². The molecule has 178 valence electrons. The number of esters is 2. The molecule has 1 aromatic rings. The average Bonchev–Trinajstić information content (AvgIpc) is 2.99. The molecule has 0 radical (unpaired) electrons. The topological polar surface area (TPSA) is 100 Å². The maximum Gasteiger partial charge on any atom is 0.408 e. The van der Waals surface area contributed by atoms with Crippen LogP contribution in [0.15, 0.2) is 24.3 Å². The van der Waals surface area contributed by atoms with E-state index in [0.29, 0.717) is 5.75 Å². The van der Waals surface area contributed by atoms with Crippen molar-refractivity contribution < 1.29 is 33.3 Å². The van der Waals surface area contributed by atoms with Crippen molar-refractivity contribution in [2.45, 2.75) is 90.1 Å². The van der Waals surface area contributed by atoms with Crippen LogP contribution in [0.1, 0.15) is 71.3 Å². The van der Waals surface area contributed by atoms with Gasteiger partial charge in [-0.2, -0.15) is 0 Å². The van der Waals surface area contributed by atoms with Gasteiger partial charge < -0.3 is 24.3 Å². The zero-order chi connectivity index (χ0) is 23.6. The monoisotopic (exact) mass is 449 g/mol. The molecule has 1 aliphatic carbocycles. The molecule has 1 aliphatic rings. The molecule has 0 heterocycles. The minimum atomic E-state index is -1.21. The number of carbonyl (C=O) groups is 3. The number of alkyl carbamates (subject to hydrolysis) is 1. The Morgan fingerprint density at radius 2 is 1.66 bits per heavy atom. The highest BCUT2D eigenvalue weighted by atomic mass is 16.6. The van der Waals surface area contributed by atoms with E-state index in [-0.39, 0.29) is 19.1 Å². The second-order valence-corrected chi connectivity index (χ2v) is 8.96. The molecule has 0 saturated heterocycles. The molecule has 1 aromatic carbocycles. The van der Waals surface area contributed by atoms with Crippen LogP contribution in [-0.2, 0) is 30.4 Å². The lowest BCUT2D eigenvalue weighted by atomic mass is 10.1. The normalized spacial score (nSPS) is 15.8. The van der Waals surface area contributed by atoms with Crippen LogP contribution >= 0.6 is 0 Å². The first kappa shape index (κ1) is 25.5. The molecule has 0 aliphatic heterocycles. The smallest absolute Gasteiger partial charge is 0.408 e. The Hall–Kier alpha value is -2.77. The number of nitrogens with one attached hydrogen (secondary N) is 1. The van der Waals surface area contributed by atoms with Gasteiger partial charge in [0.05, 0.1) is 13.5 Å². The third kappa shape index (κ3) is 9.58. The Morgan fingerprint density at radius 3 is 2.22 bits per heavy atom. The van der Waals surface area contributed by atoms with Gasteiger partial charge in [-0.15, -0.1) is 0 Å². The summed E-state index contributed by atoms with van der Waals surface area (Å²) in [4.78, 5) is 37.4. The first-order chi connectivity index (χ1) is 15.2. The molecular formula is C24H35NO7. The summed E-state index contributed by atoms with van der Waals surface area (Å²) in [6.07, 6.45) is 4.66. The van der Waals surface area contributed by atoms with E-state index >= 15 is 0 Å². The fourth-order valence-electron chi connectivity index (χ4n) is 3.38. The molecule has 1 N–H and O–H groups in total. The molecule has 8 heteroatoms. The third-order valence-electron chi connectivity index (χ3n) is 4.99.